The van der Waals surface area contributed by atoms with E-state index in [0.717, 1.165) is 36.7 Å². The number of rotatable bonds is 5. The predicted octanol–water partition coefficient (Wildman–Crippen LogP) is 4.88. The smallest absolute Gasteiger partial charge is 0.294 e. The van der Waals surface area contributed by atoms with Gasteiger partial charge in [0.1, 0.15) is 5.69 Å². The van der Waals surface area contributed by atoms with Crippen molar-refractivity contribution < 1.29 is 9.35 Å². The Labute approximate surface area is 166 Å². The fourth-order valence-corrected chi connectivity index (χ4v) is 5.10. The summed E-state index contributed by atoms with van der Waals surface area (Å²) in [6.45, 7) is 12.7. The number of aromatic nitrogens is 2. The molecule has 0 radical (unpaired) electrons. The van der Waals surface area contributed by atoms with Crippen molar-refractivity contribution in [2.75, 3.05) is 18.0 Å². The van der Waals surface area contributed by atoms with Crippen LogP contribution in [-0.4, -0.2) is 42.2 Å². The topological polar surface area (TPSA) is 73.4 Å². The second kappa shape index (κ2) is 6.55. The molecule has 0 spiro atoms. The zero-order valence-corrected chi connectivity index (χ0v) is 18.4. The van der Waals surface area contributed by atoms with Gasteiger partial charge >= 0.3 is 0 Å². The summed E-state index contributed by atoms with van der Waals surface area (Å²) in [5.74, 6) is 0. The van der Waals surface area contributed by atoms with Crippen LogP contribution in [0, 0.1) is 10.1 Å². The van der Waals surface area contributed by atoms with Crippen LogP contribution in [0.15, 0.2) is 18.3 Å². The molecule has 1 saturated heterocycles. The molecule has 2 heterocycles. The minimum absolute atomic E-state index is 0.130. The quantitative estimate of drug-likeness (QED) is 0.405. The molecule has 1 aromatic heterocycles. The summed E-state index contributed by atoms with van der Waals surface area (Å²) < 4.78 is 8.50. The largest absolute Gasteiger partial charge is 0.412 e. The monoisotopic (exact) mass is 402 g/mol. The third-order valence-corrected chi connectivity index (χ3v) is 11.1. The highest BCUT2D eigenvalue weighted by Crippen LogP contribution is 2.42. The summed E-state index contributed by atoms with van der Waals surface area (Å²) >= 11 is 0. The maximum absolute atomic E-state index is 11.8. The Hall–Kier alpha value is -1.93. The van der Waals surface area contributed by atoms with Crippen molar-refractivity contribution >= 4 is 30.6 Å². The zero-order valence-electron chi connectivity index (χ0n) is 17.4. The number of nitro groups is 1. The van der Waals surface area contributed by atoms with Gasteiger partial charge in [0.25, 0.3) is 5.69 Å². The summed E-state index contributed by atoms with van der Waals surface area (Å²) in [4.78, 5) is 13.7. The summed E-state index contributed by atoms with van der Waals surface area (Å²) in [5, 5.41) is 17.4. The molecule has 28 heavy (non-hydrogen) atoms. The number of benzene rings is 1. The Morgan fingerprint density at radius 3 is 2.57 bits per heavy atom. The lowest BCUT2D eigenvalue weighted by Crippen LogP contribution is -2.44. The summed E-state index contributed by atoms with van der Waals surface area (Å²) in [6, 6.07) is 4.05. The van der Waals surface area contributed by atoms with E-state index in [9.17, 15) is 10.1 Å². The minimum atomic E-state index is -1.86. The van der Waals surface area contributed by atoms with Crippen LogP contribution in [0.4, 0.5) is 11.4 Å². The average molecular weight is 403 g/mol. The summed E-state index contributed by atoms with van der Waals surface area (Å²) in [7, 11) is -1.86. The van der Waals surface area contributed by atoms with E-state index in [1.54, 1.807) is 6.07 Å². The van der Waals surface area contributed by atoms with Gasteiger partial charge in [-0.2, -0.15) is 5.10 Å². The molecule has 1 aliphatic heterocycles. The zero-order chi connectivity index (χ0) is 20.3. The number of nitro benzene ring substituents is 1. The first kappa shape index (κ1) is 19.4. The molecule has 4 rings (SSSR count). The Bertz CT molecular complexity index is 914. The second-order valence-electron chi connectivity index (χ2n) is 9.71. The lowest BCUT2D eigenvalue weighted by molar-refractivity contribution is -0.384. The Morgan fingerprint density at radius 2 is 1.96 bits per heavy atom. The number of hydrogen-bond acceptors (Lipinski definition) is 5. The number of nitrogens with zero attached hydrogens (tertiary/aromatic N) is 4. The van der Waals surface area contributed by atoms with Gasteiger partial charge in [0, 0.05) is 24.5 Å². The minimum Gasteiger partial charge on any atom is -0.412 e. The van der Waals surface area contributed by atoms with Crippen molar-refractivity contribution in [3.63, 3.8) is 0 Å². The molecule has 0 bridgehead atoms. The molecule has 2 aromatic rings. The molecule has 1 aromatic carbocycles. The van der Waals surface area contributed by atoms with E-state index in [2.05, 4.69) is 43.9 Å². The molecular weight excluding hydrogens is 372 g/mol. The molecule has 8 heteroatoms. The van der Waals surface area contributed by atoms with E-state index in [0.29, 0.717) is 18.3 Å². The number of anilines is 1. The Morgan fingerprint density at radius 1 is 1.25 bits per heavy atom. The van der Waals surface area contributed by atoms with E-state index in [1.165, 1.54) is 0 Å². The molecule has 2 fully saturated rings. The van der Waals surface area contributed by atoms with Gasteiger partial charge in [0.2, 0.25) is 0 Å². The van der Waals surface area contributed by atoms with Gasteiger partial charge in [0.15, 0.2) is 8.32 Å². The lowest BCUT2D eigenvalue weighted by Gasteiger charge is -2.38. The standard InChI is InChI=1S/C20H30N4O3Si/c1-20(2,3)28(4,5)27-16-8-9-22(13-16)18-10-14-12-21-23(15-6-7-15)17(14)11-19(18)24(25)26/h10-12,15-16H,6-9,13H2,1-5H3/t16-/m0/s1. The molecule has 1 atom stereocenters. The molecule has 0 unspecified atom stereocenters. The maximum atomic E-state index is 11.8. The highest BCUT2D eigenvalue weighted by atomic mass is 28.4. The molecule has 2 aliphatic rings. The van der Waals surface area contributed by atoms with Crippen LogP contribution in [0.3, 0.4) is 0 Å². The van der Waals surface area contributed by atoms with Crippen molar-refractivity contribution in [3.05, 3.63) is 28.4 Å². The molecule has 0 N–H and O–H groups in total. The fourth-order valence-electron chi connectivity index (χ4n) is 3.72. The first-order chi connectivity index (χ1) is 13.1. The van der Waals surface area contributed by atoms with Crippen LogP contribution in [0.2, 0.25) is 18.1 Å². The van der Waals surface area contributed by atoms with Crippen molar-refractivity contribution in [1.29, 1.82) is 0 Å². The van der Waals surface area contributed by atoms with E-state index >= 15 is 0 Å². The van der Waals surface area contributed by atoms with Crippen LogP contribution >= 0.6 is 0 Å². The average Bonchev–Trinajstić information content (AvgIpc) is 3.19. The van der Waals surface area contributed by atoms with Gasteiger partial charge in [0.05, 0.1) is 28.8 Å². The molecule has 0 amide bonds. The van der Waals surface area contributed by atoms with Gasteiger partial charge in [-0.05, 0) is 43.5 Å². The van der Waals surface area contributed by atoms with Crippen LogP contribution in [0.5, 0.6) is 0 Å². The first-order valence-corrected chi connectivity index (χ1v) is 13.1. The van der Waals surface area contributed by atoms with Gasteiger partial charge in [-0.3, -0.25) is 14.8 Å². The number of fused-ring (bicyclic) bond motifs is 1. The molecule has 7 nitrogen and oxygen atoms in total. The van der Waals surface area contributed by atoms with E-state index in [-0.39, 0.29) is 21.8 Å². The maximum Gasteiger partial charge on any atom is 0.294 e. The molecule has 152 valence electrons. The van der Waals surface area contributed by atoms with Crippen molar-refractivity contribution in [3.8, 4) is 0 Å². The van der Waals surface area contributed by atoms with Crippen LogP contribution in [0.1, 0.15) is 46.1 Å². The van der Waals surface area contributed by atoms with E-state index in [1.807, 2.05) is 16.9 Å². The van der Waals surface area contributed by atoms with Crippen molar-refractivity contribution in [2.24, 2.45) is 0 Å². The fraction of sp³-hybridized carbons (Fsp3) is 0.650. The normalized spacial score (nSPS) is 20.9. The summed E-state index contributed by atoms with van der Waals surface area (Å²) in [6.07, 6.45) is 5.07. The van der Waals surface area contributed by atoms with Crippen molar-refractivity contribution in [2.45, 2.75) is 70.3 Å². The van der Waals surface area contributed by atoms with Gasteiger partial charge in [-0.15, -0.1) is 0 Å². The van der Waals surface area contributed by atoms with Crippen LogP contribution in [0.25, 0.3) is 10.9 Å². The van der Waals surface area contributed by atoms with Gasteiger partial charge in [-0.25, -0.2) is 0 Å². The third kappa shape index (κ3) is 3.43. The first-order valence-electron chi connectivity index (χ1n) is 10.2. The summed E-state index contributed by atoms with van der Waals surface area (Å²) in [5.41, 5.74) is 1.73. The Kier molecular flexibility index (Phi) is 4.54. The second-order valence-corrected chi connectivity index (χ2v) is 14.5. The van der Waals surface area contributed by atoms with Gasteiger partial charge < -0.3 is 9.33 Å². The van der Waals surface area contributed by atoms with Crippen molar-refractivity contribution in [1.82, 2.24) is 9.78 Å². The van der Waals surface area contributed by atoms with Crippen LogP contribution in [-0.2, 0) is 4.43 Å². The third-order valence-electron chi connectivity index (χ3n) is 6.53. The van der Waals surface area contributed by atoms with E-state index in [4.69, 9.17) is 4.43 Å². The molecule has 1 saturated carbocycles. The predicted molar refractivity (Wildman–Crippen MR) is 114 cm³/mol. The highest BCUT2D eigenvalue weighted by Gasteiger charge is 2.41. The SMILES string of the molecule is CC(C)(C)[Si](C)(C)O[C@H]1CCN(c2cc3cnn(C4CC4)c3cc2[N+](=O)[O-])C1. The molecule has 1 aliphatic carbocycles. The Balaban J connectivity index is 1.60. The number of hydrogen-bond donors (Lipinski definition) is 0. The molecular formula is C20H30N4O3Si. The van der Waals surface area contributed by atoms with Crippen LogP contribution < -0.4 is 4.90 Å². The highest BCUT2D eigenvalue weighted by molar-refractivity contribution is 6.74. The van der Waals surface area contributed by atoms with E-state index < -0.39 is 8.32 Å². The lowest BCUT2D eigenvalue weighted by atomic mass is 10.2. The van der Waals surface area contributed by atoms with Gasteiger partial charge in [-0.1, -0.05) is 20.8 Å².